The van der Waals surface area contributed by atoms with Crippen molar-refractivity contribution in [1.82, 2.24) is 10.2 Å². The minimum atomic E-state index is 0.796. The molecule has 0 amide bonds. The van der Waals surface area contributed by atoms with Crippen molar-refractivity contribution >= 4 is 0 Å². The third kappa shape index (κ3) is 2.91. The fourth-order valence-corrected chi connectivity index (χ4v) is 4.23. The molecule has 3 aliphatic rings. The first-order valence-electron chi connectivity index (χ1n) is 8.37. The maximum absolute atomic E-state index is 3.70. The van der Waals surface area contributed by atoms with E-state index in [0.29, 0.717) is 0 Å². The van der Waals surface area contributed by atoms with Crippen LogP contribution in [0.25, 0.3) is 0 Å². The van der Waals surface area contributed by atoms with Gasteiger partial charge in [0.25, 0.3) is 0 Å². The first-order valence-corrected chi connectivity index (χ1v) is 8.37. The van der Waals surface area contributed by atoms with Crippen LogP contribution in [0.1, 0.15) is 64.7 Å². The van der Waals surface area contributed by atoms with E-state index in [4.69, 9.17) is 0 Å². The van der Waals surface area contributed by atoms with Crippen LogP contribution in [-0.2, 0) is 0 Å². The first-order chi connectivity index (χ1) is 8.88. The highest BCUT2D eigenvalue weighted by Crippen LogP contribution is 2.37. The predicted molar refractivity (Wildman–Crippen MR) is 76.8 cm³/mol. The molecule has 0 aromatic rings. The number of hydrogen-bond acceptors (Lipinski definition) is 2. The summed E-state index contributed by atoms with van der Waals surface area (Å²) in [6.45, 7) is 5.00. The molecule has 0 radical (unpaired) electrons. The molecule has 2 nitrogen and oxygen atoms in total. The number of nitrogens with zero attached hydrogens (tertiary/aromatic N) is 1. The Balaban J connectivity index is 1.63. The van der Waals surface area contributed by atoms with Crippen LogP contribution in [0.2, 0.25) is 0 Å². The van der Waals surface area contributed by atoms with Crippen LogP contribution in [0.3, 0.4) is 0 Å². The van der Waals surface area contributed by atoms with E-state index in [1.165, 1.54) is 70.9 Å². The van der Waals surface area contributed by atoms with E-state index in [0.717, 1.165) is 24.0 Å². The minimum absolute atomic E-state index is 0.796. The molecule has 0 spiro atoms. The van der Waals surface area contributed by atoms with Crippen LogP contribution in [0.4, 0.5) is 0 Å². The van der Waals surface area contributed by atoms with Crippen LogP contribution in [0.5, 0.6) is 0 Å². The summed E-state index contributed by atoms with van der Waals surface area (Å²) in [6.07, 6.45) is 13.1. The molecule has 2 heteroatoms. The minimum Gasteiger partial charge on any atom is -0.313 e. The molecule has 0 aromatic carbocycles. The molecule has 1 saturated heterocycles. The monoisotopic (exact) mass is 250 g/mol. The lowest BCUT2D eigenvalue weighted by molar-refractivity contribution is 0.0853. The molecular weight excluding hydrogens is 220 g/mol. The van der Waals surface area contributed by atoms with Gasteiger partial charge >= 0.3 is 0 Å². The fraction of sp³-hybridized carbons (Fsp3) is 1.00. The molecule has 3 rings (SSSR count). The molecule has 1 N–H and O–H groups in total. The third-order valence-corrected chi connectivity index (χ3v) is 5.43. The van der Waals surface area contributed by atoms with E-state index in [9.17, 15) is 0 Å². The summed E-state index contributed by atoms with van der Waals surface area (Å²) in [5.41, 5.74) is 0. The van der Waals surface area contributed by atoms with Crippen molar-refractivity contribution in [2.24, 2.45) is 5.92 Å². The van der Waals surface area contributed by atoms with Crippen molar-refractivity contribution in [3.8, 4) is 0 Å². The Kier molecular flexibility index (Phi) is 4.25. The summed E-state index contributed by atoms with van der Waals surface area (Å²) in [5, 5.41) is 3.70. The van der Waals surface area contributed by atoms with Crippen LogP contribution < -0.4 is 5.32 Å². The molecule has 3 atom stereocenters. The average molecular weight is 250 g/mol. The summed E-state index contributed by atoms with van der Waals surface area (Å²) in [7, 11) is 0. The van der Waals surface area contributed by atoms with Gasteiger partial charge in [-0.3, -0.25) is 4.90 Å². The molecule has 1 heterocycles. The summed E-state index contributed by atoms with van der Waals surface area (Å²) in [6, 6.07) is 2.66. The Bertz CT molecular complexity index is 256. The summed E-state index contributed by atoms with van der Waals surface area (Å²) >= 11 is 0. The molecule has 2 saturated carbocycles. The molecule has 3 fully saturated rings. The lowest BCUT2D eigenvalue weighted by atomic mass is 9.81. The molecule has 1 aliphatic heterocycles. The van der Waals surface area contributed by atoms with Gasteiger partial charge in [0.1, 0.15) is 0 Å². The highest BCUT2D eigenvalue weighted by atomic mass is 15.2. The van der Waals surface area contributed by atoms with Gasteiger partial charge in [-0.25, -0.2) is 0 Å². The zero-order valence-electron chi connectivity index (χ0n) is 12.0. The second kappa shape index (κ2) is 5.92. The molecule has 18 heavy (non-hydrogen) atoms. The zero-order valence-corrected chi connectivity index (χ0v) is 12.0. The fourth-order valence-electron chi connectivity index (χ4n) is 4.23. The lowest BCUT2D eigenvalue weighted by Crippen LogP contribution is -2.48. The number of rotatable bonds is 5. The smallest absolute Gasteiger partial charge is 0.0195 e. The van der Waals surface area contributed by atoms with Gasteiger partial charge < -0.3 is 5.32 Å². The first kappa shape index (κ1) is 12.9. The average Bonchev–Trinajstić information content (AvgIpc) is 3.13. The second-order valence-electron chi connectivity index (χ2n) is 6.74. The molecule has 3 unspecified atom stereocenters. The number of nitrogens with one attached hydrogen (secondary N) is 1. The Hall–Kier alpha value is -0.0800. The predicted octanol–water partition coefficient (Wildman–Crippen LogP) is 3.17. The van der Waals surface area contributed by atoms with Gasteiger partial charge in [-0.15, -0.1) is 0 Å². The summed E-state index contributed by atoms with van der Waals surface area (Å²) in [5.74, 6) is 0.987. The Morgan fingerprint density at radius 2 is 1.83 bits per heavy atom. The van der Waals surface area contributed by atoms with E-state index in [2.05, 4.69) is 17.1 Å². The van der Waals surface area contributed by atoms with Crippen molar-refractivity contribution in [1.29, 1.82) is 0 Å². The van der Waals surface area contributed by atoms with Crippen LogP contribution >= 0.6 is 0 Å². The molecule has 2 aliphatic carbocycles. The normalized spacial score (nSPS) is 37.3. The highest BCUT2D eigenvalue weighted by Gasteiger charge is 2.39. The summed E-state index contributed by atoms with van der Waals surface area (Å²) in [4.78, 5) is 2.93. The quantitative estimate of drug-likeness (QED) is 0.806. The van der Waals surface area contributed by atoms with Gasteiger partial charge in [0.05, 0.1) is 0 Å². The molecule has 104 valence electrons. The number of hydrogen-bond donors (Lipinski definition) is 1. The van der Waals surface area contributed by atoms with Gasteiger partial charge in [-0.05, 0) is 51.0 Å². The van der Waals surface area contributed by atoms with Gasteiger partial charge in [0, 0.05) is 24.7 Å². The Morgan fingerprint density at radius 3 is 2.50 bits per heavy atom. The van der Waals surface area contributed by atoms with E-state index in [1.807, 2.05) is 0 Å². The van der Waals surface area contributed by atoms with Crippen molar-refractivity contribution < 1.29 is 0 Å². The van der Waals surface area contributed by atoms with Crippen molar-refractivity contribution in [2.75, 3.05) is 13.1 Å². The van der Waals surface area contributed by atoms with Crippen LogP contribution in [0.15, 0.2) is 0 Å². The van der Waals surface area contributed by atoms with E-state index < -0.39 is 0 Å². The Morgan fingerprint density at radius 1 is 1.00 bits per heavy atom. The van der Waals surface area contributed by atoms with Gasteiger partial charge in [0.15, 0.2) is 0 Å². The molecule has 0 bridgehead atoms. The highest BCUT2D eigenvalue weighted by molar-refractivity contribution is 4.95. The maximum Gasteiger partial charge on any atom is 0.0195 e. The van der Waals surface area contributed by atoms with Crippen LogP contribution in [0, 0.1) is 5.92 Å². The zero-order chi connectivity index (χ0) is 12.4. The van der Waals surface area contributed by atoms with E-state index in [-0.39, 0.29) is 0 Å². The van der Waals surface area contributed by atoms with Gasteiger partial charge in [-0.1, -0.05) is 26.2 Å². The van der Waals surface area contributed by atoms with E-state index >= 15 is 0 Å². The molecular formula is C16H30N2. The standard InChI is InChI=1S/C16H30N2/c1-2-13-6-3-4-8-16(13)18(15-9-10-15)12-14-7-5-11-17-14/h13-17H,2-12H2,1H3. The van der Waals surface area contributed by atoms with Crippen molar-refractivity contribution in [2.45, 2.75) is 82.8 Å². The van der Waals surface area contributed by atoms with Crippen molar-refractivity contribution in [3.05, 3.63) is 0 Å². The maximum atomic E-state index is 3.70. The summed E-state index contributed by atoms with van der Waals surface area (Å²) < 4.78 is 0. The third-order valence-electron chi connectivity index (χ3n) is 5.43. The van der Waals surface area contributed by atoms with E-state index in [1.54, 1.807) is 0 Å². The largest absolute Gasteiger partial charge is 0.313 e. The topological polar surface area (TPSA) is 15.3 Å². The molecule has 0 aromatic heterocycles. The SMILES string of the molecule is CCC1CCCCC1N(CC1CCCN1)C1CC1. The van der Waals surface area contributed by atoms with Crippen LogP contribution in [-0.4, -0.2) is 36.1 Å². The van der Waals surface area contributed by atoms with Crippen molar-refractivity contribution in [3.63, 3.8) is 0 Å². The second-order valence-corrected chi connectivity index (χ2v) is 6.74. The lowest BCUT2D eigenvalue weighted by Gasteiger charge is -2.41. The van der Waals surface area contributed by atoms with Gasteiger partial charge in [0.2, 0.25) is 0 Å². The van der Waals surface area contributed by atoms with Gasteiger partial charge in [-0.2, -0.15) is 0 Å². The Labute approximate surface area is 113 Å².